The standard InChI is InChI=1S/C8H17NO3/c1-3-9(4-2,5-6-10)7-8(11)12/h10H,3-7H2,1-2H3/p+1. The van der Waals surface area contributed by atoms with Gasteiger partial charge in [0.25, 0.3) is 0 Å². The van der Waals surface area contributed by atoms with E-state index in [1.54, 1.807) is 0 Å². The summed E-state index contributed by atoms with van der Waals surface area (Å²) in [6.07, 6.45) is 0. The van der Waals surface area contributed by atoms with Crippen LogP contribution in [0.1, 0.15) is 13.8 Å². The number of aliphatic carboxylic acids is 1. The third-order valence-electron chi connectivity index (χ3n) is 2.39. The van der Waals surface area contributed by atoms with Crippen LogP contribution in [0.4, 0.5) is 0 Å². The Labute approximate surface area is 73.0 Å². The molecular formula is C8H18NO3+. The SMILES string of the molecule is CC[N+](CC)(CCO)CC(=O)O. The molecule has 0 bridgehead atoms. The number of nitrogens with zero attached hydrogens (tertiary/aromatic N) is 1. The van der Waals surface area contributed by atoms with E-state index in [9.17, 15) is 4.79 Å². The second-order valence-electron chi connectivity index (χ2n) is 2.97. The van der Waals surface area contributed by atoms with Crippen molar-refractivity contribution in [1.29, 1.82) is 0 Å². The van der Waals surface area contributed by atoms with Gasteiger partial charge in [-0.3, -0.25) is 0 Å². The summed E-state index contributed by atoms with van der Waals surface area (Å²) in [6, 6.07) is 0. The van der Waals surface area contributed by atoms with Crippen molar-refractivity contribution >= 4 is 5.97 Å². The molecule has 0 aromatic carbocycles. The van der Waals surface area contributed by atoms with Gasteiger partial charge in [0.15, 0.2) is 6.54 Å². The minimum absolute atomic E-state index is 0.0506. The monoisotopic (exact) mass is 176 g/mol. The van der Waals surface area contributed by atoms with Gasteiger partial charge in [0, 0.05) is 0 Å². The smallest absolute Gasteiger partial charge is 0.359 e. The first kappa shape index (κ1) is 11.4. The lowest BCUT2D eigenvalue weighted by molar-refractivity contribution is -0.918. The van der Waals surface area contributed by atoms with E-state index in [0.717, 1.165) is 13.1 Å². The van der Waals surface area contributed by atoms with Crippen LogP contribution in [0.5, 0.6) is 0 Å². The van der Waals surface area contributed by atoms with Crippen LogP contribution in [0.3, 0.4) is 0 Å². The van der Waals surface area contributed by atoms with Crippen LogP contribution in [0, 0.1) is 0 Å². The number of carbonyl (C=O) groups is 1. The Morgan fingerprint density at radius 3 is 2.08 bits per heavy atom. The van der Waals surface area contributed by atoms with Crippen LogP contribution in [0.2, 0.25) is 0 Å². The maximum absolute atomic E-state index is 10.5. The number of likely N-dealkylation sites (N-methyl/N-ethyl adjacent to an activating group) is 1. The number of carboxylic acids is 1. The van der Waals surface area contributed by atoms with Crippen molar-refractivity contribution in [2.75, 3.05) is 32.8 Å². The Bertz CT molecular complexity index is 143. The molecule has 0 aliphatic rings. The Morgan fingerprint density at radius 2 is 1.83 bits per heavy atom. The molecule has 12 heavy (non-hydrogen) atoms. The van der Waals surface area contributed by atoms with E-state index in [2.05, 4.69) is 0 Å². The van der Waals surface area contributed by atoms with Crippen LogP contribution in [-0.4, -0.2) is 53.5 Å². The Morgan fingerprint density at radius 1 is 1.33 bits per heavy atom. The van der Waals surface area contributed by atoms with Crippen molar-refractivity contribution in [3.8, 4) is 0 Å². The number of quaternary nitrogens is 1. The molecular weight excluding hydrogens is 158 g/mol. The van der Waals surface area contributed by atoms with Crippen molar-refractivity contribution < 1.29 is 19.5 Å². The van der Waals surface area contributed by atoms with E-state index >= 15 is 0 Å². The van der Waals surface area contributed by atoms with Crippen LogP contribution >= 0.6 is 0 Å². The lowest BCUT2D eigenvalue weighted by Crippen LogP contribution is -2.52. The fourth-order valence-electron chi connectivity index (χ4n) is 1.34. The van der Waals surface area contributed by atoms with Gasteiger partial charge >= 0.3 is 5.97 Å². The van der Waals surface area contributed by atoms with Gasteiger partial charge in [-0.1, -0.05) is 0 Å². The number of carboxylic acid groups (broad SMARTS) is 1. The molecule has 0 heterocycles. The summed E-state index contributed by atoms with van der Waals surface area (Å²) < 4.78 is 0.464. The predicted molar refractivity (Wildman–Crippen MR) is 45.8 cm³/mol. The molecule has 0 saturated carbocycles. The second-order valence-corrected chi connectivity index (χ2v) is 2.97. The molecule has 0 rings (SSSR count). The molecule has 72 valence electrons. The summed E-state index contributed by atoms with van der Waals surface area (Å²) in [5.41, 5.74) is 0. The summed E-state index contributed by atoms with van der Waals surface area (Å²) in [5.74, 6) is -0.799. The summed E-state index contributed by atoms with van der Waals surface area (Å²) >= 11 is 0. The fraction of sp³-hybridized carbons (Fsp3) is 0.875. The molecule has 0 unspecified atom stereocenters. The van der Waals surface area contributed by atoms with Gasteiger partial charge in [0.05, 0.1) is 19.7 Å². The average molecular weight is 176 g/mol. The minimum Gasteiger partial charge on any atom is -0.477 e. The third kappa shape index (κ3) is 3.19. The molecule has 4 nitrogen and oxygen atoms in total. The fourth-order valence-corrected chi connectivity index (χ4v) is 1.34. The van der Waals surface area contributed by atoms with Gasteiger partial charge < -0.3 is 14.7 Å². The van der Waals surface area contributed by atoms with Gasteiger partial charge in [-0.15, -0.1) is 0 Å². The highest BCUT2D eigenvalue weighted by atomic mass is 16.4. The number of hydrogen-bond acceptors (Lipinski definition) is 2. The van der Waals surface area contributed by atoms with Crippen LogP contribution in [0.15, 0.2) is 0 Å². The molecule has 0 saturated heterocycles. The summed E-state index contributed by atoms with van der Waals surface area (Å²) in [7, 11) is 0. The van der Waals surface area contributed by atoms with Crippen LogP contribution < -0.4 is 0 Å². The van der Waals surface area contributed by atoms with E-state index in [1.807, 2.05) is 13.8 Å². The zero-order chi connectivity index (χ0) is 9.61. The molecule has 0 aromatic rings. The van der Waals surface area contributed by atoms with Gasteiger partial charge in [-0.2, -0.15) is 0 Å². The number of aliphatic hydroxyl groups excluding tert-OH is 1. The van der Waals surface area contributed by atoms with Crippen molar-refractivity contribution in [3.63, 3.8) is 0 Å². The van der Waals surface area contributed by atoms with E-state index in [1.165, 1.54) is 0 Å². The number of rotatable bonds is 6. The lowest BCUT2D eigenvalue weighted by Gasteiger charge is -2.34. The maximum atomic E-state index is 10.5. The Kier molecular flexibility index (Phi) is 4.85. The van der Waals surface area contributed by atoms with Crippen molar-refractivity contribution in [2.45, 2.75) is 13.8 Å². The van der Waals surface area contributed by atoms with Crippen molar-refractivity contribution in [1.82, 2.24) is 0 Å². The molecule has 0 radical (unpaired) electrons. The molecule has 2 N–H and O–H groups in total. The van der Waals surface area contributed by atoms with Crippen molar-refractivity contribution in [2.24, 2.45) is 0 Å². The number of aliphatic hydroxyl groups is 1. The normalized spacial score (nSPS) is 11.6. The quantitative estimate of drug-likeness (QED) is 0.556. The molecule has 4 heteroatoms. The molecule has 0 fully saturated rings. The summed E-state index contributed by atoms with van der Waals surface area (Å²) in [4.78, 5) is 10.5. The average Bonchev–Trinajstić information content (AvgIpc) is 2.03. The molecule has 0 atom stereocenters. The van der Waals surface area contributed by atoms with E-state index in [0.29, 0.717) is 11.0 Å². The summed E-state index contributed by atoms with van der Waals surface area (Å²) in [6.45, 7) is 6.08. The largest absolute Gasteiger partial charge is 0.477 e. The van der Waals surface area contributed by atoms with Crippen LogP contribution in [0.25, 0.3) is 0 Å². The highest BCUT2D eigenvalue weighted by Gasteiger charge is 2.25. The first-order valence-corrected chi connectivity index (χ1v) is 4.28. The van der Waals surface area contributed by atoms with Crippen molar-refractivity contribution in [3.05, 3.63) is 0 Å². The molecule has 0 aliphatic carbocycles. The highest BCUT2D eigenvalue weighted by Crippen LogP contribution is 2.04. The van der Waals surface area contributed by atoms with Gasteiger partial charge in [-0.25, -0.2) is 4.79 Å². The first-order chi connectivity index (χ1) is 5.60. The van der Waals surface area contributed by atoms with E-state index in [4.69, 9.17) is 10.2 Å². The first-order valence-electron chi connectivity index (χ1n) is 4.28. The molecule has 0 amide bonds. The predicted octanol–water partition coefficient (Wildman–Crippen LogP) is -0.0801. The van der Waals surface area contributed by atoms with Gasteiger partial charge in [-0.05, 0) is 13.8 Å². The Hall–Kier alpha value is -0.610. The zero-order valence-corrected chi connectivity index (χ0v) is 7.79. The highest BCUT2D eigenvalue weighted by molar-refractivity contribution is 5.67. The second kappa shape index (κ2) is 5.11. The maximum Gasteiger partial charge on any atom is 0.359 e. The summed E-state index contributed by atoms with van der Waals surface area (Å²) in [5, 5.41) is 17.4. The minimum atomic E-state index is -0.799. The molecule has 0 aromatic heterocycles. The Balaban J connectivity index is 4.23. The third-order valence-corrected chi connectivity index (χ3v) is 2.39. The topological polar surface area (TPSA) is 57.5 Å². The van der Waals surface area contributed by atoms with Gasteiger partial charge in [0.2, 0.25) is 0 Å². The molecule has 0 spiro atoms. The zero-order valence-electron chi connectivity index (χ0n) is 7.79. The van der Waals surface area contributed by atoms with E-state index < -0.39 is 5.97 Å². The number of hydrogen-bond donors (Lipinski definition) is 2. The van der Waals surface area contributed by atoms with Gasteiger partial charge in [0.1, 0.15) is 6.54 Å². The molecule has 0 aliphatic heterocycles. The van der Waals surface area contributed by atoms with Crippen LogP contribution in [-0.2, 0) is 4.79 Å². The lowest BCUT2D eigenvalue weighted by atomic mass is 10.3. The van der Waals surface area contributed by atoms with E-state index in [-0.39, 0.29) is 13.2 Å².